The van der Waals surface area contributed by atoms with Gasteiger partial charge in [-0.15, -0.1) is 11.3 Å². The molecule has 0 aliphatic carbocycles. The molecule has 0 spiro atoms. The fraction of sp³-hybridized carbons (Fsp3) is 0.267. The normalized spacial score (nSPS) is 10.2. The van der Waals surface area contributed by atoms with E-state index < -0.39 is 11.9 Å². The molecule has 1 heterocycles. The fourth-order valence-electron chi connectivity index (χ4n) is 2.02. The van der Waals surface area contributed by atoms with Gasteiger partial charge in [-0.05, 0) is 19.1 Å². The zero-order chi connectivity index (χ0) is 17.0. The van der Waals surface area contributed by atoms with E-state index in [1.807, 2.05) is 0 Å². The number of anilines is 1. The number of aromatic nitrogens is 1. The third kappa shape index (κ3) is 3.78. The largest absolute Gasteiger partial charge is 0.496 e. The zero-order valence-corrected chi connectivity index (χ0v) is 13.7. The average Bonchev–Trinajstić information content (AvgIpc) is 2.84. The minimum atomic E-state index is -0.943. The summed E-state index contributed by atoms with van der Waals surface area (Å²) in [5.74, 6) is -0.627. The Labute approximate surface area is 136 Å². The van der Waals surface area contributed by atoms with E-state index >= 15 is 0 Å². The molecule has 0 saturated carbocycles. The van der Waals surface area contributed by atoms with Crippen molar-refractivity contribution in [1.29, 1.82) is 0 Å². The minimum Gasteiger partial charge on any atom is -0.496 e. The van der Waals surface area contributed by atoms with Crippen molar-refractivity contribution < 1.29 is 24.2 Å². The topological polar surface area (TPSA) is 97.8 Å². The minimum absolute atomic E-state index is 0.128. The summed E-state index contributed by atoms with van der Waals surface area (Å²) in [7, 11) is 2.92. The van der Waals surface area contributed by atoms with Crippen LogP contribution in [-0.4, -0.2) is 36.2 Å². The fourth-order valence-corrected chi connectivity index (χ4v) is 2.97. The summed E-state index contributed by atoms with van der Waals surface area (Å²) in [5, 5.41) is 11.8. The second-order valence-electron chi connectivity index (χ2n) is 4.59. The van der Waals surface area contributed by atoms with E-state index in [0.717, 1.165) is 11.3 Å². The summed E-state index contributed by atoms with van der Waals surface area (Å²) in [5.41, 5.74) is 0.838. The highest BCUT2D eigenvalue weighted by atomic mass is 32.1. The third-order valence-electron chi connectivity index (χ3n) is 3.08. The number of carbonyl (C=O) groups excluding carboxylic acids is 1. The van der Waals surface area contributed by atoms with Gasteiger partial charge in [0.1, 0.15) is 17.1 Å². The van der Waals surface area contributed by atoms with Crippen molar-refractivity contribution in [2.75, 3.05) is 19.5 Å². The number of aryl methyl sites for hydroxylation is 1. The second kappa shape index (κ2) is 7.10. The second-order valence-corrected chi connectivity index (χ2v) is 5.67. The molecule has 0 aliphatic heterocycles. The molecule has 2 N–H and O–H groups in total. The molecule has 2 rings (SSSR count). The molecule has 0 bridgehead atoms. The standard InChI is InChI=1S/C15H16N2O5S/c1-8-11(7-12(18)19)23-15(16-8)17-14(20)13-9(21-2)5-4-6-10(13)22-3/h4-6H,7H2,1-3H3,(H,18,19)(H,16,17,20). The number of carboxylic acids is 1. The maximum atomic E-state index is 12.5. The maximum absolute atomic E-state index is 12.5. The van der Waals surface area contributed by atoms with Gasteiger partial charge >= 0.3 is 5.97 Å². The van der Waals surface area contributed by atoms with Crippen LogP contribution in [0.15, 0.2) is 18.2 Å². The first-order valence-corrected chi connectivity index (χ1v) is 7.48. The highest BCUT2D eigenvalue weighted by molar-refractivity contribution is 7.16. The Morgan fingerprint density at radius 3 is 2.39 bits per heavy atom. The van der Waals surface area contributed by atoms with Crippen LogP contribution in [0, 0.1) is 6.92 Å². The Balaban J connectivity index is 2.28. The van der Waals surface area contributed by atoms with Crippen molar-refractivity contribution >= 4 is 28.3 Å². The van der Waals surface area contributed by atoms with Crippen LogP contribution in [0.1, 0.15) is 20.9 Å². The van der Waals surface area contributed by atoms with E-state index in [2.05, 4.69) is 10.3 Å². The number of rotatable bonds is 6. The molecule has 0 unspecified atom stereocenters. The predicted molar refractivity (Wildman–Crippen MR) is 85.7 cm³/mol. The molecule has 0 aliphatic rings. The summed E-state index contributed by atoms with van der Waals surface area (Å²) < 4.78 is 10.4. The lowest BCUT2D eigenvalue weighted by atomic mass is 10.1. The van der Waals surface area contributed by atoms with E-state index in [4.69, 9.17) is 14.6 Å². The van der Waals surface area contributed by atoms with Crippen LogP contribution in [0.25, 0.3) is 0 Å². The molecule has 1 aromatic heterocycles. The first-order valence-electron chi connectivity index (χ1n) is 6.66. The predicted octanol–water partition coefficient (Wildman–Crippen LogP) is 2.35. The molecular formula is C15H16N2O5S. The van der Waals surface area contributed by atoms with Crippen molar-refractivity contribution in [3.63, 3.8) is 0 Å². The van der Waals surface area contributed by atoms with Gasteiger partial charge in [0.15, 0.2) is 5.13 Å². The van der Waals surface area contributed by atoms with E-state index in [1.165, 1.54) is 14.2 Å². The number of carbonyl (C=O) groups is 2. The number of nitrogens with zero attached hydrogens (tertiary/aromatic N) is 1. The molecule has 1 aromatic carbocycles. The molecule has 122 valence electrons. The molecular weight excluding hydrogens is 320 g/mol. The van der Waals surface area contributed by atoms with Crippen molar-refractivity contribution in [3.8, 4) is 11.5 Å². The molecule has 2 aromatic rings. The zero-order valence-electron chi connectivity index (χ0n) is 12.9. The lowest BCUT2D eigenvalue weighted by Crippen LogP contribution is -2.14. The molecule has 0 fully saturated rings. The van der Waals surface area contributed by atoms with E-state index in [1.54, 1.807) is 25.1 Å². The molecule has 23 heavy (non-hydrogen) atoms. The van der Waals surface area contributed by atoms with Crippen molar-refractivity contribution in [2.45, 2.75) is 13.3 Å². The molecule has 0 saturated heterocycles. The number of ether oxygens (including phenoxy) is 2. The monoisotopic (exact) mass is 336 g/mol. The van der Waals surface area contributed by atoms with Gasteiger partial charge in [0.05, 0.1) is 26.3 Å². The lowest BCUT2D eigenvalue weighted by Gasteiger charge is -2.11. The highest BCUT2D eigenvalue weighted by Gasteiger charge is 2.20. The van der Waals surface area contributed by atoms with Gasteiger partial charge < -0.3 is 14.6 Å². The van der Waals surface area contributed by atoms with Gasteiger partial charge in [0.2, 0.25) is 0 Å². The van der Waals surface area contributed by atoms with Crippen LogP contribution in [0.5, 0.6) is 11.5 Å². The van der Waals surface area contributed by atoms with Crippen molar-refractivity contribution in [3.05, 3.63) is 34.3 Å². The number of hydrogen-bond donors (Lipinski definition) is 2. The van der Waals surface area contributed by atoms with E-state index in [9.17, 15) is 9.59 Å². The van der Waals surface area contributed by atoms with Crippen LogP contribution in [0.4, 0.5) is 5.13 Å². The van der Waals surface area contributed by atoms with Crippen LogP contribution >= 0.6 is 11.3 Å². The molecule has 7 nitrogen and oxygen atoms in total. The first kappa shape index (κ1) is 16.8. The smallest absolute Gasteiger partial charge is 0.308 e. The lowest BCUT2D eigenvalue weighted by molar-refractivity contribution is -0.136. The van der Waals surface area contributed by atoms with E-state index in [-0.39, 0.29) is 12.0 Å². The quantitative estimate of drug-likeness (QED) is 0.840. The Hall–Kier alpha value is -2.61. The molecule has 1 amide bonds. The number of hydrogen-bond acceptors (Lipinski definition) is 6. The summed E-state index contributed by atoms with van der Waals surface area (Å²) in [6, 6.07) is 5.02. The number of methoxy groups -OCH3 is 2. The van der Waals surface area contributed by atoms with Crippen molar-refractivity contribution in [1.82, 2.24) is 4.98 Å². The maximum Gasteiger partial charge on any atom is 0.308 e. The van der Waals surface area contributed by atoms with Crippen LogP contribution in [-0.2, 0) is 11.2 Å². The number of amides is 1. The SMILES string of the molecule is COc1cccc(OC)c1C(=O)Nc1nc(C)c(CC(=O)O)s1. The summed E-state index contributed by atoms with van der Waals surface area (Å²) >= 11 is 1.13. The molecule has 0 radical (unpaired) electrons. The van der Waals surface area contributed by atoms with Crippen LogP contribution in [0.2, 0.25) is 0 Å². The number of aliphatic carboxylic acids is 1. The van der Waals surface area contributed by atoms with Gasteiger partial charge in [-0.1, -0.05) is 6.07 Å². The highest BCUT2D eigenvalue weighted by Crippen LogP contribution is 2.30. The average molecular weight is 336 g/mol. The van der Waals surface area contributed by atoms with E-state index in [0.29, 0.717) is 27.2 Å². The van der Waals surface area contributed by atoms with Gasteiger partial charge in [-0.3, -0.25) is 14.9 Å². The van der Waals surface area contributed by atoms with Crippen molar-refractivity contribution in [2.24, 2.45) is 0 Å². The molecule has 8 heteroatoms. The summed E-state index contributed by atoms with van der Waals surface area (Å²) in [6.45, 7) is 1.70. The number of carboxylic acid groups (broad SMARTS) is 1. The number of nitrogens with one attached hydrogen (secondary N) is 1. The number of benzene rings is 1. The van der Waals surface area contributed by atoms with Gasteiger partial charge in [0.25, 0.3) is 5.91 Å². The summed E-state index contributed by atoms with van der Waals surface area (Å²) in [4.78, 5) is 28.1. The number of thiazole rings is 1. The van der Waals surface area contributed by atoms with Crippen LogP contribution < -0.4 is 14.8 Å². The van der Waals surface area contributed by atoms with Gasteiger partial charge in [0, 0.05) is 4.88 Å². The van der Waals surface area contributed by atoms with Crippen LogP contribution in [0.3, 0.4) is 0 Å². The Morgan fingerprint density at radius 1 is 1.26 bits per heavy atom. The third-order valence-corrected chi connectivity index (χ3v) is 4.15. The summed E-state index contributed by atoms with van der Waals surface area (Å²) in [6.07, 6.45) is -0.128. The Bertz CT molecular complexity index is 719. The Morgan fingerprint density at radius 2 is 1.87 bits per heavy atom. The van der Waals surface area contributed by atoms with Gasteiger partial charge in [-0.25, -0.2) is 4.98 Å². The van der Waals surface area contributed by atoms with Gasteiger partial charge in [-0.2, -0.15) is 0 Å². The molecule has 0 atom stereocenters. The first-order chi connectivity index (χ1) is 11.0. The Kier molecular flexibility index (Phi) is 5.17.